The minimum atomic E-state index is 0.675. The summed E-state index contributed by atoms with van der Waals surface area (Å²) >= 11 is 1.84. The number of nitrogens with one attached hydrogen (secondary N) is 2. The van der Waals surface area contributed by atoms with Gasteiger partial charge < -0.3 is 15.4 Å². The van der Waals surface area contributed by atoms with Crippen LogP contribution in [0.2, 0.25) is 0 Å². The zero-order chi connectivity index (χ0) is 15.8. The van der Waals surface area contributed by atoms with Gasteiger partial charge in [0.1, 0.15) is 5.75 Å². The maximum atomic E-state index is 5.36. The summed E-state index contributed by atoms with van der Waals surface area (Å²) in [5, 5.41) is 6.65. The van der Waals surface area contributed by atoms with E-state index in [1.165, 1.54) is 9.75 Å². The van der Waals surface area contributed by atoms with E-state index in [1.54, 1.807) is 14.2 Å². The Hall–Kier alpha value is -2.01. The highest BCUT2D eigenvalue weighted by atomic mass is 32.1. The fraction of sp³-hybridized carbons (Fsp3) is 0.353. The lowest BCUT2D eigenvalue weighted by Gasteiger charge is -2.13. The molecule has 2 rings (SSSR count). The molecule has 0 atom stereocenters. The number of aryl methyl sites for hydroxylation is 1. The van der Waals surface area contributed by atoms with Crippen LogP contribution in [0.25, 0.3) is 0 Å². The average Bonchev–Trinajstić information content (AvgIpc) is 3.03. The smallest absolute Gasteiger partial charge is 0.191 e. The Morgan fingerprint density at radius 3 is 2.50 bits per heavy atom. The molecule has 1 heterocycles. The second kappa shape index (κ2) is 8.44. The van der Waals surface area contributed by atoms with Gasteiger partial charge in [0.15, 0.2) is 5.96 Å². The van der Waals surface area contributed by atoms with Gasteiger partial charge in [-0.2, -0.15) is 0 Å². The van der Waals surface area contributed by atoms with Crippen molar-refractivity contribution in [3.05, 3.63) is 51.7 Å². The van der Waals surface area contributed by atoms with E-state index in [9.17, 15) is 0 Å². The highest BCUT2D eigenvalue weighted by Crippen LogP contribution is 2.17. The van der Waals surface area contributed by atoms with Crippen molar-refractivity contribution in [1.29, 1.82) is 0 Å². The molecule has 0 aliphatic heterocycles. The first-order chi connectivity index (χ1) is 10.8. The summed E-state index contributed by atoms with van der Waals surface area (Å²) in [6.07, 6.45) is 1.09. The Kier molecular flexibility index (Phi) is 6.27. The molecule has 2 N–H and O–H groups in total. The van der Waals surface area contributed by atoms with E-state index in [4.69, 9.17) is 4.74 Å². The Morgan fingerprint density at radius 2 is 1.82 bits per heavy atom. The summed E-state index contributed by atoms with van der Waals surface area (Å²) in [6, 6.07) is 12.3. The lowest BCUT2D eigenvalue weighted by Crippen LogP contribution is -2.36. The molecule has 0 spiro atoms. The van der Waals surface area contributed by atoms with Gasteiger partial charge in [-0.3, -0.25) is 4.99 Å². The minimum absolute atomic E-state index is 0.675. The van der Waals surface area contributed by atoms with Crippen LogP contribution in [0.5, 0.6) is 5.75 Å². The zero-order valence-electron chi connectivity index (χ0n) is 13.3. The van der Waals surface area contributed by atoms with Crippen LogP contribution in [0.15, 0.2) is 41.4 Å². The number of para-hydroxylation sites is 1. The molecule has 0 bridgehead atoms. The number of hydrogen-bond donors (Lipinski definition) is 2. The molecule has 0 saturated carbocycles. The number of benzene rings is 1. The van der Waals surface area contributed by atoms with E-state index in [0.29, 0.717) is 6.54 Å². The summed E-state index contributed by atoms with van der Waals surface area (Å²) in [7, 11) is 3.47. The van der Waals surface area contributed by atoms with Crippen LogP contribution in [0, 0.1) is 0 Å². The van der Waals surface area contributed by atoms with Gasteiger partial charge in [0.25, 0.3) is 0 Å². The van der Waals surface area contributed by atoms with Crippen molar-refractivity contribution in [2.24, 2.45) is 4.99 Å². The third-order valence-corrected chi connectivity index (χ3v) is 4.59. The van der Waals surface area contributed by atoms with Crippen molar-refractivity contribution in [2.45, 2.75) is 26.4 Å². The quantitative estimate of drug-likeness (QED) is 0.635. The van der Waals surface area contributed by atoms with Crippen LogP contribution in [0.4, 0.5) is 0 Å². The molecule has 118 valence electrons. The van der Waals surface area contributed by atoms with E-state index < -0.39 is 0 Å². The molecule has 0 aliphatic carbocycles. The van der Waals surface area contributed by atoms with Gasteiger partial charge in [-0.1, -0.05) is 25.1 Å². The van der Waals surface area contributed by atoms with E-state index in [2.05, 4.69) is 34.7 Å². The van der Waals surface area contributed by atoms with Crippen LogP contribution in [-0.2, 0) is 19.5 Å². The molecule has 0 aliphatic rings. The monoisotopic (exact) mass is 317 g/mol. The van der Waals surface area contributed by atoms with Gasteiger partial charge in [0.05, 0.1) is 13.7 Å². The SMILES string of the molecule is CCc1ccc(CNC(=NC)NCc2ccccc2OC)s1. The Morgan fingerprint density at radius 1 is 1.09 bits per heavy atom. The topological polar surface area (TPSA) is 45.7 Å². The van der Waals surface area contributed by atoms with Crippen LogP contribution in [-0.4, -0.2) is 20.1 Å². The lowest BCUT2D eigenvalue weighted by atomic mass is 10.2. The largest absolute Gasteiger partial charge is 0.496 e. The molecule has 1 aromatic heterocycles. The number of rotatable bonds is 6. The third-order valence-electron chi connectivity index (χ3n) is 3.36. The van der Waals surface area contributed by atoms with Gasteiger partial charge in [0, 0.05) is 28.9 Å². The Bertz CT molecular complexity index is 622. The van der Waals surface area contributed by atoms with Crippen molar-refractivity contribution >= 4 is 17.3 Å². The van der Waals surface area contributed by atoms with Gasteiger partial charge in [-0.05, 0) is 24.6 Å². The molecule has 2 aromatic rings. The molecule has 0 radical (unpaired) electrons. The van der Waals surface area contributed by atoms with Crippen molar-refractivity contribution in [3.63, 3.8) is 0 Å². The first-order valence-corrected chi connectivity index (χ1v) is 8.22. The number of guanidine groups is 1. The van der Waals surface area contributed by atoms with E-state index in [-0.39, 0.29) is 0 Å². The first-order valence-electron chi connectivity index (χ1n) is 7.40. The summed E-state index contributed by atoms with van der Waals surface area (Å²) in [6.45, 7) is 3.64. The lowest BCUT2D eigenvalue weighted by molar-refractivity contribution is 0.409. The van der Waals surface area contributed by atoms with Crippen molar-refractivity contribution in [3.8, 4) is 5.75 Å². The summed E-state index contributed by atoms with van der Waals surface area (Å²) in [5.74, 6) is 1.67. The number of thiophene rings is 1. The predicted molar refractivity (Wildman–Crippen MR) is 93.7 cm³/mol. The van der Waals surface area contributed by atoms with E-state index >= 15 is 0 Å². The third kappa shape index (κ3) is 4.49. The highest BCUT2D eigenvalue weighted by Gasteiger charge is 2.04. The molecular formula is C17H23N3OS. The number of nitrogens with zero attached hydrogens (tertiary/aromatic N) is 1. The van der Waals surface area contributed by atoms with Crippen LogP contribution >= 0.6 is 11.3 Å². The molecule has 0 saturated heterocycles. The summed E-state index contributed by atoms with van der Waals surface area (Å²) < 4.78 is 5.36. The second-order valence-electron chi connectivity index (χ2n) is 4.81. The van der Waals surface area contributed by atoms with Crippen molar-refractivity contribution in [2.75, 3.05) is 14.2 Å². The standard InChI is InChI=1S/C17H23N3OS/c1-4-14-9-10-15(22-14)12-20-17(18-2)19-11-13-7-5-6-8-16(13)21-3/h5-10H,4,11-12H2,1-3H3,(H2,18,19,20). The molecule has 4 nitrogen and oxygen atoms in total. The second-order valence-corrected chi connectivity index (χ2v) is 6.07. The van der Waals surface area contributed by atoms with Crippen LogP contribution in [0.3, 0.4) is 0 Å². The van der Waals surface area contributed by atoms with Crippen molar-refractivity contribution < 1.29 is 4.74 Å². The Balaban J connectivity index is 1.87. The molecule has 0 fully saturated rings. The van der Waals surface area contributed by atoms with Gasteiger partial charge in [0.2, 0.25) is 0 Å². The molecule has 1 aromatic carbocycles. The average molecular weight is 317 g/mol. The predicted octanol–water partition coefficient (Wildman–Crippen LogP) is 3.18. The number of ether oxygens (including phenoxy) is 1. The van der Waals surface area contributed by atoms with E-state index in [1.807, 2.05) is 35.6 Å². The normalized spacial score (nSPS) is 11.3. The number of aliphatic imine (C=N–C) groups is 1. The summed E-state index contributed by atoms with van der Waals surface area (Å²) in [4.78, 5) is 6.99. The minimum Gasteiger partial charge on any atom is -0.496 e. The molecule has 5 heteroatoms. The fourth-order valence-electron chi connectivity index (χ4n) is 2.13. The van der Waals surface area contributed by atoms with Gasteiger partial charge >= 0.3 is 0 Å². The molecule has 0 amide bonds. The van der Waals surface area contributed by atoms with Gasteiger partial charge in [-0.25, -0.2) is 0 Å². The number of hydrogen-bond acceptors (Lipinski definition) is 3. The summed E-state index contributed by atoms with van der Waals surface area (Å²) in [5.41, 5.74) is 1.11. The fourth-order valence-corrected chi connectivity index (χ4v) is 3.02. The van der Waals surface area contributed by atoms with Crippen LogP contribution < -0.4 is 15.4 Å². The van der Waals surface area contributed by atoms with Crippen molar-refractivity contribution in [1.82, 2.24) is 10.6 Å². The van der Waals surface area contributed by atoms with Crippen LogP contribution in [0.1, 0.15) is 22.2 Å². The Labute approximate surface area is 136 Å². The highest BCUT2D eigenvalue weighted by molar-refractivity contribution is 7.11. The number of methoxy groups -OCH3 is 1. The van der Waals surface area contributed by atoms with Gasteiger partial charge in [-0.15, -0.1) is 11.3 Å². The molecule has 0 unspecified atom stereocenters. The molecule has 22 heavy (non-hydrogen) atoms. The zero-order valence-corrected chi connectivity index (χ0v) is 14.2. The van der Waals surface area contributed by atoms with E-state index in [0.717, 1.165) is 30.2 Å². The first kappa shape index (κ1) is 16.4. The molecular weight excluding hydrogens is 294 g/mol. The maximum absolute atomic E-state index is 5.36. The maximum Gasteiger partial charge on any atom is 0.191 e.